The first-order chi connectivity index (χ1) is 15.6. The summed E-state index contributed by atoms with van der Waals surface area (Å²) in [5, 5.41) is 3.31. The number of aryl methyl sites for hydroxylation is 1. The van der Waals surface area contributed by atoms with E-state index in [9.17, 15) is 0 Å². The number of anilines is 3. The van der Waals surface area contributed by atoms with E-state index in [-0.39, 0.29) is 0 Å². The number of hydrogen-bond donors (Lipinski definition) is 1. The smallest absolute Gasteiger partial charge is 0.229 e. The number of nitrogens with zero attached hydrogens (tertiary/aromatic N) is 5. The molecule has 2 aromatic heterocycles. The quantitative estimate of drug-likeness (QED) is 0.621. The van der Waals surface area contributed by atoms with Gasteiger partial charge in [0.15, 0.2) is 11.6 Å². The van der Waals surface area contributed by atoms with Gasteiger partial charge in [0, 0.05) is 25.0 Å². The molecule has 2 aliphatic heterocycles. The van der Waals surface area contributed by atoms with Gasteiger partial charge in [-0.1, -0.05) is 0 Å². The molecule has 0 radical (unpaired) electrons. The largest absolute Gasteiger partial charge is 0.494 e. The zero-order valence-corrected chi connectivity index (χ0v) is 19.4. The number of nitrogens with one attached hydrogen (secondary N) is 1. The van der Waals surface area contributed by atoms with Crippen molar-refractivity contribution in [3.05, 3.63) is 42.6 Å². The average molecular weight is 453 g/mol. The van der Waals surface area contributed by atoms with Gasteiger partial charge in [-0.15, -0.1) is 0 Å². The Morgan fingerprint density at radius 3 is 2.81 bits per heavy atom. The molecule has 5 rings (SSSR count). The van der Waals surface area contributed by atoms with Gasteiger partial charge in [-0.3, -0.25) is 0 Å². The molecule has 32 heavy (non-hydrogen) atoms. The Morgan fingerprint density at radius 1 is 1.22 bits per heavy atom. The lowest BCUT2D eigenvalue weighted by atomic mass is 9.92. The minimum Gasteiger partial charge on any atom is -0.494 e. The van der Waals surface area contributed by atoms with Crippen LogP contribution in [-0.2, 0) is 0 Å². The standard InChI is InChI=1S/C23H28N6O2S/c1-15-12-29(14-25-15)18-5-4-17(10-20(18)30-3)26-23-24-11-21-22(27-23)28(2)19(13-31-21)16-6-8-32-9-7-16/h4-5,10-12,14,16,19H,6-9,13H2,1-3H3,(H,24,26,27). The van der Waals surface area contributed by atoms with Crippen LogP contribution in [0.2, 0.25) is 0 Å². The van der Waals surface area contributed by atoms with Crippen LogP contribution in [0.3, 0.4) is 0 Å². The highest BCUT2D eigenvalue weighted by atomic mass is 32.2. The number of fused-ring (bicyclic) bond motifs is 1. The van der Waals surface area contributed by atoms with Crippen LogP contribution in [0.25, 0.3) is 5.69 Å². The Morgan fingerprint density at radius 2 is 2.06 bits per heavy atom. The predicted octanol–water partition coefficient (Wildman–Crippen LogP) is 4.06. The van der Waals surface area contributed by atoms with E-state index in [4.69, 9.17) is 14.5 Å². The molecule has 1 N–H and O–H groups in total. The molecule has 0 bridgehead atoms. The van der Waals surface area contributed by atoms with Gasteiger partial charge in [0.2, 0.25) is 5.95 Å². The Bertz CT molecular complexity index is 1100. The Labute approximate surface area is 192 Å². The van der Waals surface area contributed by atoms with Gasteiger partial charge >= 0.3 is 0 Å². The summed E-state index contributed by atoms with van der Waals surface area (Å²) in [6.45, 7) is 2.66. The summed E-state index contributed by atoms with van der Waals surface area (Å²) in [6, 6.07) is 6.27. The van der Waals surface area contributed by atoms with Gasteiger partial charge in [0.25, 0.3) is 0 Å². The van der Waals surface area contributed by atoms with Crippen molar-refractivity contribution < 1.29 is 9.47 Å². The second kappa shape index (κ2) is 8.90. The van der Waals surface area contributed by atoms with E-state index in [1.165, 1.54) is 24.3 Å². The lowest BCUT2D eigenvalue weighted by Crippen LogP contribution is -2.47. The number of methoxy groups -OCH3 is 1. The van der Waals surface area contributed by atoms with Crippen LogP contribution in [0.5, 0.6) is 11.5 Å². The SMILES string of the molecule is COc1cc(Nc2ncc3c(n2)N(C)C(C2CCSCC2)CO3)ccc1-n1cnc(C)c1. The summed E-state index contributed by atoms with van der Waals surface area (Å²) in [6.07, 6.45) is 7.97. The number of ether oxygens (including phenoxy) is 2. The summed E-state index contributed by atoms with van der Waals surface area (Å²) in [5.41, 5.74) is 2.72. The molecule has 0 saturated carbocycles. The highest BCUT2D eigenvalue weighted by Gasteiger charge is 2.33. The molecule has 1 unspecified atom stereocenters. The normalized spacial score (nSPS) is 18.7. The fourth-order valence-electron chi connectivity index (χ4n) is 4.42. The minimum absolute atomic E-state index is 0.351. The molecular weight excluding hydrogens is 424 g/mol. The van der Waals surface area contributed by atoms with E-state index in [2.05, 4.69) is 27.2 Å². The van der Waals surface area contributed by atoms with Crippen molar-refractivity contribution in [1.82, 2.24) is 19.5 Å². The van der Waals surface area contributed by atoms with Crippen LogP contribution >= 0.6 is 11.8 Å². The van der Waals surface area contributed by atoms with Crippen LogP contribution in [0.4, 0.5) is 17.5 Å². The maximum atomic E-state index is 6.04. The van der Waals surface area contributed by atoms with E-state index < -0.39 is 0 Å². The third kappa shape index (κ3) is 4.09. The molecule has 0 amide bonds. The second-order valence-electron chi connectivity index (χ2n) is 8.25. The lowest BCUT2D eigenvalue weighted by molar-refractivity contribution is 0.214. The van der Waals surface area contributed by atoms with Gasteiger partial charge in [-0.2, -0.15) is 16.7 Å². The third-order valence-electron chi connectivity index (χ3n) is 6.21. The van der Waals surface area contributed by atoms with Crippen molar-refractivity contribution in [1.29, 1.82) is 0 Å². The van der Waals surface area contributed by atoms with Gasteiger partial charge < -0.3 is 24.3 Å². The van der Waals surface area contributed by atoms with Crippen molar-refractivity contribution in [3.8, 4) is 17.2 Å². The first-order valence-corrected chi connectivity index (χ1v) is 12.0. The second-order valence-corrected chi connectivity index (χ2v) is 9.48. The van der Waals surface area contributed by atoms with E-state index in [1.54, 1.807) is 19.6 Å². The molecule has 1 fully saturated rings. The zero-order chi connectivity index (χ0) is 22.1. The van der Waals surface area contributed by atoms with Crippen LogP contribution in [0.1, 0.15) is 18.5 Å². The maximum Gasteiger partial charge on any atom is 0.229 e. The van der Waals surface area contributed by atoms with Crippen molar-refractivity contribution in [2.45, 2.75) is 25.8 Å². The zero-order valence-electron chi connectivity index (χ0n) is 18.6. The molecular formula is C23H28N6O2S. The first-order valence-electron chi connectivity index (χ1n) is 10.9. The van der Waals surface area contributed by atoms with Gasteiger partial charge in [-0.25, -0.2) is 9.97 Å². The highest BCUT2D eigenvalue weighted by molar-refractivity contribution is 7.99. The predicted molar refractivity (Wildman–Crippen MR) is 128 cm³/mol. The van der Waals surface area contributed by atoms with Crippen LogP contribution in [0.15, 0.2) is 36.9 Å². The molecule has 1 atom stereocenters. The number of thioether (sulfide) groups is 1. The van der Waals surface area contributed by atoms with Crippen molar-refractivity contribution in [2.75, 3.05) is 42.5 Å². The molecule has 2 aliphatic rings. The van der Waals surface area contributed by atoms with Crippen LogP contribution < -0.4 is 19.7 Å². The van der Waals surface area contributed by atoms with Crippen molar-refractivity contribution in [3.63, 3.8) is 0 Å². The van der Waals surface area contributed by atoms with Crippen molar-refractivity contribution in [2.24, 2.45) is 5.92 Å². The summed E-state index contributed by atoms with van der Waals surface area (Å²) >= 11 is 2.05. The van der Waals surface area contributed by atoms with Crippen molar-refractivity contribution >= 4 is 29.2 Å². The molecule has 9 heteroatoms. The lowest BCUT2D eigenvalue weighted by Gasteiger charge is -2.40. The number of benzene rings is 1. The van der Waals surface area contributed by atoms with Crippen LogP contribution in [0, 0.1) is 12.8 Å². The number of hydrogen-bond acceptors (Lipinski definition) is 8. The maximum absolute atomic E-state index is 6.04. The van der Waals surface area contributed by atoms with Crippen LogP contribution in [-0.4, -0.2) is 57.8 Å². The Balaban J connectivity index is 1.37. The number of rotatable bonds is 5. The summed E-state index contributed by atoms with van der Waals surface area (Å²) < 4.78 is 13.6. The fourth-order valence-corrected chi connectivity index (χ4v) is 5.57. The number of aromatic nitrogens is 4. The van der Waals surface area contributed by atoms with E-state index in [0.717, 1.165) is 34.4 Å². The monoisotopic (exact) mass is 452 g/mol. The molecule has 168 valence electrons. The average Bonchev–Trinajstić information content (AvgIpc) is 3.26. The third-order valence-corrected chi connectivity index (χ3v) is 7.26. The minimum atomic E-state index is 0.351. The summed E-state index contributed by atoms with van der Waals surface area (Å²) in [7, 11) is 3.79. The molecule has 4 heterocycles. The first kappa shape index (κ1) is 20.9. The molecule has 0 aliphatic carbocycles. The number of imidazole rings is 1. The Kier molecular flexibility index (Phi) is 5.82. The van der Waals surface area contributed by atoms with E-state index >= 15 is 0 Å². The summed E-state index contributed by atoms with van der Waals surface area (Å²) in [4.78, 5) is 15.8. The highest BCUT2D eigenvalue weighted by Crippen LogP contribution is 2.37. The molecule has 3 aromatic rings. The molecule has 8 nitrogen and oxygen atoms in total. The molecule has 0 spiro atoms. The van der Waals surface area contributed by atoms with E-state index in [1.807, 2.05) is 47.6 Å². The van der Waals surface area contributed by atoms with Gasteiger partial charge in [0.05, 0.1) is 37.1 Å². The fraction of sp³-hybridized carbons (Fsp3) is 0.435. The van der Waals surface area contributed by atoms with Gasteiger partial charge in [-0.05, 0) is 49.3 Å². The topological polar surface area (TPSA) is 77.3 Å². The summed E-state index contributed by atoms with van der Waals surface area (Å²) in [5.74, 6) is 5.96. The molecule has 1 aromatic carbocycles. The van der Waals surface area contributed by atoms with E-state index in [0.29, 0.717) is 24.5 Å². The number of likely N-dealkylation sites (N-methyl/N-ethyl adjacent to an activating group) is 1. The Hall–Kier alpha value is -2.94. The van der Waals surface area contributed by atoms with Gasteiger partial charge in [0.1, 0.15) is 12.4 Å². The molecule has 1 saturated heterocycles.